The number of halogens is 3. The number of hydrogen-bond acceptors (Lipinski definition) is 4. The summed E-state index contributed by atoms with van der Waals surface area (Å²) in [6, 6.07) is 0.999. The minimum atomic E-state index is -4.74. The fourth-order valence-electron chi connectivity index (χ4n) is 1.24. The van der Waals surface area contributed by atoms with Crippen molar-refractivity contribution in [3.63, 3.8) is 0 Å². The van der Waals surface area contributed by atoms with Crippen LogP contribution in [0.4, 0.5) is 13.2 Å². The highest BCUT2D eigenvalue weighted by Gasteiger charge is 2.36. The molecule has 1 atom stereocenters. The lowest BCUT2D eigenvalue weighted by atomic mass is 10.0. The summed E-state index contributed by atoms with van der Waals surface area (Å²) in [6.45, 7) is -0.423. The molecule has 0 saturated heterocycles. The molecule has 0 saturated carbocycles. The van der Waals surface area contributed by atoms with Gasteiger partial charge in [-0.3, -0.25) is 0 Å². The van der Waals surface area contributed by atoms with E-state index in [1.807, 2.05) is 0 Å². The van der Waals surface area contributed by atoms with E-state index in [9.17, 15) is 18.3 Å². The van der Waals surface area contributed by atoms with Crippen LogP contribution in [0.2, 0.25) is 0 Å². The first kappa shape index (κ1) is 12.6. The lowest BCUT2D eigenvalue weighted by molar-refractivity contribution is -0.139. The van der Waals surface area contributed by atoms with Crippen LogP contribution in [-0.2, 0) is 6.18 Å². The quantitative estimate of drug-likeness (QED) is 0.580. The standard InChI is InChI=1S/C9H10F3NO3/c10-9(11,12)5-2-7(15)6(14)1-4(5)8(16)3-13/h1-2,8,14-16H,3,13H2. The zero-order valence-electron chi connectivity index (χ0n) is 7.99. The molecule has 90 valence electrons. The van der Waals surface area contributed by atoms with Crippen molar-refractivity contribution in [2.75, 3.05) is 6.54 Å². The van der Waals surface area contributed by atoms with Crippen LogP contribution in [0.25, 0.3) is 0 Å². The number of phenolic OH excluding ortho intramolecular Hbond substituents is 2. The maximum Gasteiger partial charge on any atom is 0.416 e. The van der Waals surface area contributed by atoms with E-state index in [1.54, 1.807) is 0 Å². The Morgan fingerprint density at radius 1 is 1.19 bits per heavy atom. The molecule has 0 bridgehead atoms. The van der Waals surface area contributed by atoms with Gasteiger partial charge in [0, 0.05) is 6.54 Å². The normalized spacial score (nSPS) is 13.8. The average molecular weight is 237 g/mol. The van der Waals surface area contributed by atoms with Gasteiger partial charge in [-0.05, 0) is 17.7 Å². The van der Waals surface area contributed by atoms with Gasteiger partial charge in [-0.15, -0.1) is 0 Å². The van der Waals surface area contributed by atoms with E-state index in [0.717, 1.165) is 0 Å². The molecule has 0 aromatic heterocycles. The van der Waals surface area contributed by atoms with Crippen molar-refractivity contribution in [1.82, 2.24) is 0 Å². The molecule has 0 aliphatic heterocycles. The summed E-state index contributed by atoms with van der Waals surface area (Å²) in [5.74, 6) is -1.64. The molecule has 0 heterocycles. The van der Waals surface area contributed by atoms with Crippen molar-refractivity contribution in [3.8, 4) is 11.5 Å². The number of aliphatic hydroxyl groups excluding tert-OH is 1. The zero-order chi connectivity index (χ0) is 12.5. The van der Waals surface area contributed by atoms with Gasteiger partial charge in [0.25, 0.3) is 0 Å². The van der Waals surface area contributed by atoms with Gasteiger partial charge in [0.15, 0.2) is 11.5 Å². The fourth-order valence-corrected chi connectivity index (χ4v) is 1.24. The molecule has 1 rings (SSSR count). The number of nitrogens with two attached hydrogens (primary N) is 1. The van der Waals surface area contributed by atoms with Gasteiger partial charge in [0.1, 0.15) is 0 Å². The topological polar surface area (TPSA) is 86.7 Å². The molecule has 0 aliphatic rings. The predicted molar refractivity (Wildman–Crippen MR) is 48.8 cm³/mol. The summed E-state index contributed by atoms with van der Waals surface area (Å²) in [5, 5.41) is 27.3. The van der Waals surface area contributed by atoms with Crippen LogP contribution in [0.5, 0.6) is 11.5 Å². The summed E-state index contributed by atoms with van der Waals surface area (Å²) < 4.78 is 37.5. The van der Waals surface area contributed by atoms with E-state index < -0.39 is 41.5 Å². The number of phenols is 2. The molecule has 0 spiro atoms. The summed E-state index contributed by atoms with van der Waals surface area (Å²) in [5.41, 5.74) is 3.26. The fraction of sp³-hybridized carbons (Fsp3) is 0.333. The van der Waals surface area contributed by atoms with E-state index in [1.165, 1.54) is 0 Å². The molecule has 5 N–H and O–H groups in total. The number of hydrogen-bond donors (Lipinski definition) is 4. The monoisotopic (exact) mass is 237 g/mol. The van der Waals surface area contributed by atoms with Gasteiger partial charge in [0.2, 0.25) is 0 Å². The third kappa shape index (κ3) is 2.37. The maximum absolute atomic E-state index is 12.5. The van der Waals surface area contributed by atoms with E-state index in [-0.39, 0.29) is 0 Å². The molecule has 0 aliphatic carbocycles. The Morgan fingerprint density at radius 3 is 2.12 bits per heavy atom. The number of rotatable bonds is 2. The molecule has 0 fully saturated rings. The zero-order valence-corrected chi connectivity index (χ0v) is 7.99. The van der Waals surface area contributed by atoms with Gasteiger partial charge < -0.3 is 21.1 Å². The van der Waals surface area contributed by atoms with Crippen LogP contribution in [0.15, 0.2) is 12.1 Å². The van der Waals surface area contributed by atoms with Crippen LogP contribution in [-0.4, -0.2) is 21.9 Å². The lowest BCUT2D eigenvalue weighted by Crippen LogP contribution is -2.17. The molecule has 0 amide bonds. The SMILES string of the molecule is NCC(O)c1cc(O)c(O)cc1C(F)(F)F. The lowest BCUT2D eigenvalue weighted by Gasteiger charge is -2.17. The van der Waals surface area contributed by atoms with Crippen LogP contribution in [0.1, 0.15) is 17.2 Å². The largest absolute Gasteiger partial charge is 0.504 e. The third-order valence-corrected chi connectivity index (χ3v) is 2.03. The first-order valence-corrected chi connectivity index (χ1v) is 4.28. The van der Waals surface area contributed by atoms with Crippen LogP contribution < -0.4 is 5.73 Å². The van der Waals surface area contributed by atoms with Crippen molar-refractivity contribution in [3.05, 3.63) is 23.3 Å². The summed E-state index contributed by atoms with van der Waals surface area (Å²) >= 11 is 0. The van der Waals surface area contributed by atoms with E-state index in [2.05, 4.69) is 0 Å². The van der Waals surface area contributed by atoms with E-state index in [0.29, 0.717) is 12.1 Å². The highest BCUT2D eigenvalue weighted by atomic mass is 19.4. The van der Waals surface area contributed by atoms with Gasteiger partial charge in [-0.2, -0.15) is 13.2 Å². The first-order valence-electron chi connectivity index (χ1n) is 4.28. The van der Waals surface area contributed by atoms with E-state index >= 15 is 0 Å². The highest BCUT2D eigenvalue weighted by Crippen LogP contribution is 2.40. The Hall–Kier alpha value is -1.47. The molecular formula is C9H10F3NO3. The Labute approximate surface area is 88.7 Å². The average Bonchev–Trinajstić information content (AvgIpc) is 2.18. The van der Waals surface area contributed by atoms with Crippen molar-refractivity contribution < 1.29 is 28.5 Å². The summed E-state index contributed by atoms with van der Waals surface area (Å²) in [6.07, 6.45) is -6.29. The third-order valence-electron chi connectivity index (χ3n) is 2.03. The van der Waals surface area contributed by atoms with Gasteiger partial charge >= 0.3 is 6.18 Å². The molecule has 1 aromatic rings. The van der Waals surface area contributed by atoms with Crippen LogP contribution >= 0.6 is 0 Å². The minimum Gasteiger partial charge on any atom is -0.504 e. The second-order valence-corrected chi connectivity index (χ2v) is 3.18. The van der Waals surface area contributed by atoms with E-state index in [4.69, 9.17) is 15.9 Å². The molecule has 7 heteroatoms. The number of aliphatic hydroxyl groups is 1. The number of alkyl halides is 3. The number of benzene rings is 1. The highest BCUT2D eigenvalue weighted by molar-refractivity contribution is 5.47. The van der Waals surface area contributed by atoms with Crippen molar-refractivity contribution >= 4 is 0 Å². The van der Waals surface area contributed by atoms with Crippen molar-refractivity contribution in [1.29, 1.82) is 0 Å². The summed E-state index contributed by atoms with van der Waals surface area (Å²) in [4.78, 5) is 0. The second-order valence-electron chi connectivity index (χ2n) is 3.18. The maximum atomic E-state index is 12.5. The number of aromatic hydroxyl groups is 2. The molecule has 16 heavy (non-hydrogen) atoms. The molecule has 1 aromatic carbocycles. The summed E-state index contributed by atoms with van der Waals surface area (Å²) in [7, 11) is 0. The molecule has 0 radical (unpaired) electrons. The Bertz CT molecular complexity index is 392. The molecule has 4 nitrogen and oxygen atoms in total. The van der Waals surface area contributed by atoms with Gasteiger partial charge in [-0.25, -0.2) is 0 Å². The Kier molecular flexibility index (Phi) is 3.30. The van der Waals surface area contributed by atoms with Gasteiger partial charge in [0.05, 0.1) is 11.7 Å². The van der Waals surface area contributed by atoms with Crippen LogP contribution in [0, 0.1) is 0 Å². The minimum absolute atomic E-state index is 0.351. The van der Waals surface area contributed by atoms with Gasteiger partial charge in [-0.1, -0.05) is 0 Å². The second kappa shape index (κ2) is 4.18. The first-order chi connectivity index (χ1) is 7.27. The van der Waals surface area contributed by atoms with Crippen molar-refractivity contribution in [2.24, 2.45) is 5.73 Å². The van der Waals surface area contributed by atoms with Crippen LogP contribution in [0.3, 0.4) is 0 Å². The smallest absolute Gasteiger partial charge is 0.416 e. The van der Waals surface area contributed by atoms with Crippen molar-refractivity contribution in [2.45, 2.75) is 12.3 Å². The Morgan fingerprint density at radius 2 is 1.69 bits per heavy atom. The predicted octanol–water partition coefficient (Wildman–Crippen LogP) is 1.11. The Balaban J connectivity index is 3.39. The molecular weight excluding hydrogens is 227 g/mol. The molecule has 1 unspecified atom stereocenters.